The lowest BCUT2D eigenvalue weighted by atomic mass is 10.00. The molecule has 2 saturated heterocycles. The lowest BCUT2D eigenvalue weighted by Crippen LogP contribution is -2.42. The van der Waals surface area contributed by atoms with Crippen LogP contribution in [0.2, 0.25) is 0 Å². The van der Waals surface area contributed by atoms with Gasteiger partial charge in [0.2, 0.25) is 11.8 Å². The Morgan fingerprint density at radius 3 is 2.20 bits per heavy atom. The van der Waals surface area contributed by atoms with Crippen LogP contribution in [0, 0.1) is 17.7 Å². The van der Waals surface area contributed by atoms with Crippen LogP contribution in [0.5, 0.6) is 0 Å². The Balaban J connectivity index is 1.16. The summed E-state index contributed by atoms with van der Waals surface area (Å²) in [7, 11) is 0. The molecule has 5 nitrogen and oxygen atoms in total. The number of halogens is 1. The van der Waals surface area contributed by atoms with Crippen molar-refractivity contribution in [3.8, 4) is 0 Å². The summed E-state index contributed by atoms with van der Waals surface area (Å²) in [5.74, 6) is -0.775. The van der Waals surface area contributed by atoms with Crippen molar-refractivity contribution in [3.63, 3.8) is 0 Å². The Morgan fingerprint density at radius 2 is 1.50 bits per heavy atom. The zero-order valence-corrected chi connectivity index (χ0v) is 17.0. The summed E-state index contributed by atoms with van der Waals surface area (Å²) in [4.78, 5) is 31.8. The van der Waals surface area contributed by atoms with E-state index in [-0.39, 0.29) is 29.5 Å². The highest BCUT2D eigenvalue weighted by Crippen LogP contribution is 2.34. The number of fused-ring (bicyclic) bond motifs is 2. The summed E-state index contributed by atoms with van der Waals surface area (Å²) in [6, 6.07) is 14.9. The fourth-order valence-electron chi connectivity index (χ4n) is 5.08. The molecule has 2 fully saturated rings. The van der Waals surface area contributed by atoms with Gasteiger partial charge < -0.3 is 0 Å². The van der Waals surface area contributed by atoms with Crippen molar-refractivity contribution in [2.45, 2.75) is 19.5 Å². The molecule has 0 bridgehead atoms. The second-order valence-corrected chi connectivity index (χ2v) is 8.66. The van der Waals surface area contributed by atoms with E-state index in [2.05, 4.69) is 34.1 Å². The van der Waals surface area contributed by atoms with Crippen LogP contribution in [0.3, 0.4) is 0 Å². The fraction of sp³-hybridized carbons (Fsp3) is 0.417. The molecule has 0 saturated carbocycles. The molecule has 3 aliphatic rings. The third-order valence-electron chi connectivity index (χ3n) is 6.73. The first-order valence-electron chi connectivity index (χ1n) is 10.7. The lowest BCUT2D eigenvalue weighted by molar-refractivity contribution is -0.140. The summed E-state index contributed by atoms with van der Waals surface area (Å²) in [6.45, 7) is 4.88. The number of benzene rings is 2. The standard InChI is InChI=1S/C24H26FN3O2/c25-20-7-5-17(6-8-20)13-27-15-21-22(16-27)24(30)28(23(21)29)12-11-26-10-9-18-3-1-2-4-19(18)14-26/h1-8,21-22H,9-16H2/t21-,22+. The largest absolute Gasteiger partial charge is 0.297 e. The number of amides is 2. The van der Waals surface area contributed by atoms with Crippen LogP contribution in [0.4, 0.5) is 4.39 Å². The van der Waals surface area contributed by atoms with Gasteiger partial charge in [-0.05, 0) is 35.2 Å². The van der Waals surface area contributed by atoms with Crippen molar-refractivity contribution in [2.75, 3.05) is 32.7 Å². The zero-order valence-electron chi connectivity index (χ0n) is 17.0. The maximum atomic E-state index is 13.1. The third kappa shape index (κ3) is 3.66. The maximum absolute atomic E-state index is 13.1. The van der Waals surface area contributed by atoms with Gasteiger partial charge in [0.25, 0.3) is 0 Å². The maximum Gasteiger partial charge on any atom is 0.234 e. The second-order valence-electron chi connectivity index (χ2n) is 8.66. The predicted octanol–water partition coefficient (Wildman–Crippen LogP) is 2.30. The van der Waals surface area contributed by atoms with Gasteiger partial charge in [-0.15, -0.1) is 0 Å². The zero-order chi connectivity index (χ0) is 20.7. The van der Waals surface area contributed by atoms with Gasteiger partial charge in [0, 0.05) is 45.8 Å². The van der Waals surface area contributed by atoms with Crippen LogP contribution in [0.1, 0.15) is 16.7 Å². The van der Waals surface area contributed by atoms with E-state index in [1.54, 1.807) is 12.1 Å². The summed E-state index contributed by atoms with van der Waals surface area (Å²) in [6.07, 6.45) is 1.02. The topological polar surface area (TPSA) is 43.9 Å². The Hall–Kier alpha value is -2.57. The first-order valence-corrected chi connectivity index (χ1v) is 10.7. The smallest absolute Gasteiger partial charge is 0.234 e. The Morgan fingerprint density at radius 1 is 0.833 bits per heavy atom. The molecule has 0 unspecified atom stereocenters. The minimum atomic E-state index is -0.254. The number of likely N-dealkylation sites (tertiary alicyclic amines) is 2. The molecule has 2 atom stereocenters. The van der Waals surface area contributed by atoms with Gasteiger partial charge in [0.1, 0.15) is 5.82 Å². The number of carbonyl (C=O) groups excluding carboxylic acids is 2. The SMILES string of the molecule is O=C1[C@H]2CN(Cc3ccc(F)cc3)C[C@H]2C(=O)N1CCN1CCc2ccccc2C1. The highest BCUT2D eigenvalue weighted by molar-refractivity contribution is 6.05. The van der Waals surface area contributed by atoms with E-state index in [1.165, 1.54) is 28.2 Å². The quantitative estimate of drug-likeness (QED) is 0.714. The molecule has 2 amide bonds. The normalized spacial score (nSPS) is 24.4. The van der Waals surface area contributed by atoms with E-state index in [1.807, 2.05) is 0 Å². The van der Waals surface area contributed by atoms with Gasteiger partial charge in [0.15, 0.2) is 0 Å². The Kier molecular flexibility index (Phi) is 5.13. The molecule has 3 aliphatic heterocycles. The van der Waals surface area contributed by atoms with Crippen LogP contribution in [0.25, 0.3) is 0 Å². The van der Waals surface area contributed by atoms with Crippen LogP contribution >= 0.6 is 0 Å². The first kappa shape index (κ1) is 19.4. The Bertz CT molecular complexity index is 937. The van der Waals surface area contributed by atoms with Crippen molar-refractivity contribution in [3.05, 3.63) is 71.0 Å². The first-order chi connectivity index (χ1) is 14.6. The van der Waals surface area contributed by atoms with Gasteiger partial charge in [-0.1, -0.05) is 36.4 Å². The van der Waals surface area contributed by atoms with E-state index in [0.29, 0.717) is 26.2 Å². The van der Waals surface area contributed by atoms with Crippen molar-refractivity contribution in [1.82, 2.24) is 14.7 Å². The van der Waals surface area contributed by atoms with E-state index < -0.39 is 0 Å². The van der Waals surface area contributed by atoms with E-state index >= 15 is 0 Å². The monoisotopic (exact) mass is 407 g/mol. The van der Waals surface area contributed by atoms with Crippen LogP contribution in [-0.4, -0.2) is 59.2 Å². The molecule has 0 spiro atoms. The van der Waals surface area contributed by atoms with Gasteiger partial charge in [-0.25, -0.2) is 4.39 Å². The number of carbonyl (C=O) groups is 2. The third-order valence-corrected chi connectivity index (χ3v) is 6.73. The lowest BCUT2D eigenvalue weighted by Gasteiger charge is -2.30. The van der Waals surface area contributed by atoms with Crippen LogP contribution in [0.15, 0.2) is 48.5 Å². The molecule has 2 aromatic rings. The number of rotatable bonds is 5. The second kappa shape index (κ2) is 7.93. The van der Waals surface area contributed by atoms with Crippen molar-refractivity contribution >= 4 is 11.8 Å². The van der Waals surface area contributed by atoms with Crippen molar-refractivity contribution in [2.24, 2.45) is 11.8 Å². The number of nitrogens with zero attached hydrogens (tertiary/aromatic N) is 3. The molecule has 156 valence electrons. The van der Waals surface area contributed by atoms with Gasteiger partial charge in [-0.2, -0.15) is 0 Å². The molecular formula is C24H26FN3O2. The van der Waals surface area contributed by atoms with E-state index in [0.717, 1.165) is 31.6 Å². The predicted molar refractivity (Wildman–Crippen MR) is 111 cm³/mol. The molecule has 6 heteroatoms. The Labute approximate surface area is 176 Å². The summed E-state index contributed by atoms with van der Waals surface area (Å²) >= 11 is 0. The van der Waals surface area contributed by atoms with E-state index in [4.69, 9.17) is 0 Å². The molecule has 2 aromatic carbocycles. The fourth-order valence-corrected chi connectivity index (χ4v) is 5.08. The van der Waals surface area contributed by atoms with Gasteiger partial charge >= 0.3 is 0 Å². The summed E-state index contributed by atoms with van der Waals surface area (Å²) in [5.41, 5.74) is 3.74. The minimum Gasteiger partial charge on any atom is -0.297 e. The molecule has 3 heterocycles. The minimum absolute atomic E-state index is 0.0241. The van der Waals surface area contributed by atoms with E-state index in [9.17, 15) is 14.0 Å². The molecule has 0 aliphatic carbocycles. The van der Waals surface area contributed by atoms with Crippen molar-refractivity contribution < 1.29 is 14.0 Å². The molecule has 0 radical (unpaired) electrons. The number of hydrogen-bond acceptors (Lipinski definition) is 4. The van der Waals surface area contributed by atoms with Gasteiger partial charge in [0.05, 0.1) is 11.8 Å². The molecule has 0 aromatic heterocycles. The van der Waals surface area contributed by atoms with Crippen molar-refractivity contribution in [1.29, 1.82) is 0 Å². The molecule has 30 heavy (non-hydrogen) atoms. The van der Waals surface area contributed by atoms with Crippen LogP contribution < -0.4 is 0 Å². The molecule has 5 rings (SSSR count). The molecule has 0 N–H and O–H groups in total. The van der Waals surface area contributed by atoms with Gasteiger partial charge in [-0.3, -0.25) is 24.3 Å². The number of hydrogen-bond donors (Lipinski definition) is 0. The summed E-state index contributed by atoms with van der Waals surface area (Å²) in [5, 5.41) is 0. The average molecular weight is 407 g/mol. The molecular weight excluding hydrogens is 381 g/mol. The highest BCUT2D eigenvalue weighted by Gasteiger charge is 2.51. The summed E-state index contributed by atoms with van der Waals surface area (Å²) < 4.78 is 13.1. The van der Waals surface area contributed by atoms with Crippen LogP contribution in [-0.2, 0) is 29.1 Å². The average Bonchev–Trinajstić information content (AvgIpc) is 3.27. The number of imide groups is 1. The highest BCUT2D eigenvalue weighted by atomic mass is 19.1.